The number of carbonyl (C=O) groups excluding carboxylic acids is 1. The standard InChI is InChI=1S/C16H16FNO4S2/c17-13-3-5-14(6-4-13)22-16(19)12-7-9-18(10-8-12)24(20,21)15-2-1-11-23-15/h1-6,11-12H,7-10H2. The molecule has 1 aliphatic heterocycles. The fraction of sp³-hybridized carbons (Fsp3) is 0.312. The van der Waals surface area contributed by atoms with Crippen LogP contribution in [0.25, 0.3) is 0 Å². The molecule has 2 aromatic rings. The lowest BCUT2D eigenvalue weighted by Crippen LogP contribution is -2.40. The highest BCUT2D eigenvalue weighted by Crippen LogP contribution is 2.27. The molecule has 1 aromatic heterocycles. The number of esters is 1. The maximum Gasteiger partial charge on any atom is 0.314 e. The Kier molecular flexibility index (Phi) is 4.98. The molecule has 24 heavy (non-hydrogen) atoms. The Morgan fingerprint density at radius 2 is 1.83 bits per heavy atom. The lowest BCUT2D eigenvalue weighted by molar-refractivity contribution is -0.140. The summed E-state index contributed by atoms with van der Waals surface area (Å²) in [6.45, 7) is 0.562. The topological polar surface area (TPSA) is 63.7 Å². The highest BCUT2D eigenvalue weighted by Gasteiger charge is 2.33. The van der Waals surface area contributed by atoms with E-state index in [1.54, 1.807) is 17.5 Å². The summed E-state index contributed by atoms with van der Waals surface area (Å²) in [6.07, 6.45) is 0.815. The molecule has 0 N–H and O–H groups in total. The zero-order valence-corrected chi connectivity index (χ0v) is 14.4. The SMILES string of the molecule is O=C(Oc1ccc(F)cc1)C1CCN(S(=O)(=O)c2cccs2)CC1. The third kappa shape index (κ3) is 3.66. The summed E-state index contributed by atoms with van der Waals surface area (Å²) in [6, 6.07) is 8.50. The number of sulfonamides is 1. The summed E-state index contributed by atoms with van der Waals surface area (Å²) < 4.78 is 44.7. The summed E-state index contributed by atoms with van der Waals surface area (Å²) in [4.78, 5) is 12.2. The highest BCUT2D eigenvalue weighted by molar-refractivity contribution is 7.91. The van der Waals surface area contributed by atoms with Crippen LogP contribution in [0.4, 0.5) is 4.39 Å². The van der Waals surface area contributed by atoms with Gasteiger partial charge in [-0.3, -0.25) is 4.79 Å². The number of thiophene rings is 1. The predicted molar refractivity (Wildman–Crippen MR) is 87.8 cm³/mol. The molecule has 0 amide bonds. The van der Waals surface area contributed by atoms with E-state index in [1.165, 1.54) is 39.9 Å². The zero-order valence-electron chi connectivity index (χ0n) is 12.7. The predicted octanol–water partition coefficient (Wildman–Crippen LogP) is 2.89. The average Bonchev–Trinajstić information content (AvgIpc) is 3.12. The lowest BCUT2D eigenvalue weighted by atomic mass is 9.98. The number of hydrogen-bond acceptors (Lipinski definition) is 5. The van der Waals surface area contributed by atoms with Crippen molar-refractivity contribution >= 4 is 27.3 Å². The number of benzene rings is 1. The van der Waals surface area contributed by atoms with Gasteiger partial charge < -0.3 is 4.74 Å². The summed E-state index contributed by atoms with van der Waals surface area (Å²) in [5, 5.41) is 1.72. The molecule has 0 bridgehead atoms. The molecule has 1 fully saturated rings. The minimum atomic E-state index is -3.47. The van der Waals surface area contributed by atoms with Crippen molar-refractivity contribution in [2.24, 2.45) is 5.92 Å². The molecule has 1 aromatic carbocycles. The average molecular weight is 369 g/mol. The van der Waals surface area contributed by atoms with Gasteiger partial charge in [0.1, 0.15) is 15.8 Å². The molecule has 0 radical (unpaired) electrons. The van der Waals surface area contributed by atoms with Gasteiger partial charge in [-0.2, -0.15) is 4.31 Å². The summed E-state index contributed by atoms with van der Waals surface area (Å²) in [5.74, 6) is -0.878. The first-order chi connectivity index (χ1) is 11.5. The van der Waals surface area contributed by atoms with Crippen LogP contribution in [0.15, 0.2) is 46.0 Å². The molecule has 0 aliphatic carbocycles. The molecule has 0 spiro atoms. The largest absolute Gasteiger partial charge is 0.426 e. The van der Waals surface area contributed by atoms with E-state index in [-0.39, 0.29) is 24.8 Å². The Morgan fingerprint density at radius 3 is 2.42 bits per heavy atom. The van der Waals surface area contributed by atoms with E-state index < -0.39 is 21.8 Å². The van der Waals surface area contributed by atoms with Crippen molar-refractivity contribution in [3.8, 4) is 5.75 Å². The monoisotopic (exact) mass is 369 g/mol. The minimum Gasteiger partial charge on any atom is -0.426 e. The van der Waals surface area contributed by atoms with E-state index in [0.717, 1.165) is 0 Å². The van der Waals surface area contributed by atoms with Crippen LogP contribution in [0.3, 0.4) is 0 Å². The number of rotatable bonds is 4. The molecule has 8 heteroatoms. The number of hydrogen-bond donors (Lipinski definition) is 0. The molecule has 1 saturated heterocycles. The van der Waals surface area contributed by atoms with Crippen molar-refractivity contribution in [1.29, 1.82) is 0 Å². The molecule has 0 atom stereocenters. The van der Waals surface area contributed by atoms with Crippen LogP contribution < -0.4 is 4.74 Å². The second-order valence-electron chi connectivity index (χ2n) is 5.49. The van der Waals surface area contributed by atoms with E-state index in [4.69, 9.17) is 4.74 Å². The smallest absolute Gasteiger partial charge is 0.314 e. The Hall–Kier alpha value is -1.77. The molecule has 0 unspecified atom stereocenters. The van der Waals surface area contributed by atoms with Gasteiger partial charge in [0.15, 0.2) is 0 Å². The van der Waals surface area contributed by atoms with Crippen LogP contribution in [0.1, 0.15) is 12.8 Å². The van der Waals surface area contributed by atoms with Crippen molar-refractivity contribution in [3.05, 3.63) is 47.6 Å². The molecule has 1 aliphatic rings. The van der Waals surface area contributed by atoms with Gasteiger partial charge in [0.05, 0.1) is 5.92 Å². The molecule has 5 nitrogen and oxygen atoms in total. The van der Waals surface area contributed by atoms with Gasteiger partial charge in [0.25, 0.3) is 10.0 Å². The van der Waals surface area contributed by atoms with Crippen molar-refractivity contribution in [3.63, 3.8) is 0 Å². The Bertz CT molecular complexity index is 795. The maximum atomic E-state index is 12.8. The number of nitrogens with zero attached hydrogens (tertiary/aromatic N) is 1. The number of ether oxygens (including phenoxy) is 1. The lowest BCUT2D eigenvalue weighted by Gasteiger charge is -2.29. The first-order valence-electron chi connectivity index (χ1n) is 7.48. The maximum absolute atomic E-state index is 12.8. The first kappa shape index (κ1) is 17.1. The van der Waals surface area contributed by atoms with Crippen molar-refractivity contribution < 1.29 is 22.3 Å². The Balaban J connectivity index is 1.58. The number of piperidine rings is 1. The van der Waals surface area contributed by atoms with Crippen LogP contribution in [-0.4, -0.2) is 31.8 Å². The van der Waals surface area contributed by atoms with Crippen LogP contribution in [-0.2, 0) is 14.8 Å². The van der Waals surface area contributed by atoms with E-state index in [9.17, 15) is 17.6 Å². The third-order valence-corrected chi connectivity index (χ3v) is 7.18. The molecular weight excluding hydrogens is 353 g/mol. The van der Waals surface area contributed by atoms with Crippen LogP contribution in [0.5, 0.6) is 5.75 Å². The molecule has 2 heterocycles. The summed E-state index contributed by atoms with van der Waals surface area (Å²) >= 11 is 1.18. The molecule has 0 saturated carbocycles. The molecule has 3 rings (SSSR count). The fourth-order valence-electron chi connectivity index (χ4n) is 2.57. The summed E-state index contributed by atoms with van der Waals surface area (Å²) in [5.41, 5.74) is 0. The number of carbonyl (C=O) groups is 1. The van der Waals surface area contributed by atoms with E-state index in [1.807, 2.05) is 0 Å². The van der Waals surface area contributed by atoms with Gasteiger partial charge in [-0.1, -0.05) is 6.07 Å². The fourth-order valence-corrected chi connectivity index (χ4v) is 5.19. The molecule has 128 valence electrons. The summed E-state index contributed by atoms with van der Waals surface area (Å²) in [7, 11) is -3.47. The van der Waals surface area contributed by atoms with Crippen LogP contribution in [0, 0.1) is 11.7 Å². The second-order valence-corrected chi connectivity index (χ2v) is 8.60. The van der Waals surface area contributed by atoms with Crippen LogP contribution in [0.2, 0.25) is 0 Å². The van der Waals surface area contributed by atoms with Crippen molar-refractivity contribution in [2.75, 3.05) is 13.1 Å². The van der Waals surface area contributed by atoms with E-state index in [0.29, 0.717) is 17.1 Å². The van der Waals surface area contributed by atoms with Crippen molar-refractivity contribution in [1.82, 2.24) is 4.31 Å². The number of halogens is 1. The van der Waals surface area contributed by atoms with Gasteiger partial charge in [-0.05, 0) is 48.6 Å². The van der Waals surface area contributed by atoms with Gasteiger partial charge in [-0.25, -0.2) is 12.8 Å². The second kappa shape index (κ2) is 7.00. The van der Waals surface area contributed by atoms with Gasteiger partial charge in [0.2, 0.25) is 0 Å². The van der Waals surface area contributed by atoms with Gasteiger partial charge in [0, 0.05) is 13.1 Å². The molecular formula is C16H16FNO4S2. The normalized spacial score (nSPS) is 16.9. The minimum absolute atomic E-state index is 0.281. The van der Waals surface area contributed by atoms with E-state index >= 15 is 0 Å². The quantitative estimate of drug-likeness (QED) is 0.614. The first-order valence-corrected chi connectivity index (χ1v) is 9.80. The van der Waals surface area contributed by atoms with Gasteiger partial charge in [-0.15, -0.1) is 11.3 Å². The third-order valence-electron chi connectivity index (χ3n) is 3.91. The Labute approximate surface area is 143 Å². The van der Waals surface area contributed by atoms with Crippen LogP contribution >= 0.6 is 11.3 Å². The van der Waals surface area contributed by atoms with E-state index in [2.05, 4.69) is 0 Å². The zero-order chi connectivity index (χ0) is 17.2. The van der Waals surface area contributed by atoms with Crippen molar-refractivity contribution in [2.45, 2.75) is 17.1 Å². The van der Waals surface area contributed by atoms with Gasteiger partial charge >= 0.3 is 5.97 Å². The Morgan fingerprint density at radius 1 is 1.17 bits per heavy atom. The highest BCUT2D eigenvalue weighted by atomic mass is 32.2.